The van der Waals surface area contributed by atoms with Gasteiger partial charge >= 0.3 is 5.97 Å². The first-order chi connectivity index (χ1) is 17.6. The van der Waals surface area contributed by atoms with Gasteiger partial charge in [0.05, 0.1) is 18.6 Å². The second kappa shape index (κ2) is 9.62. The third-order valence-corrected chi connectivity index (χ3v) is 8.34. The lowest BCUT2D eigenvalue weighted by Gasteiger charge is -2.36. The normalized spacial score (nSPS) is 22.1. The highest BCUT2D eigenvalue weighted by Gasteiger charge is 2.56. The van der Waals surface area contributed by atoms with Crippen LogP contribution in [-0.2, 0) is 39.8 Å². The summed E-state index contributed by atoms with van der Waals surface area (Å²) in [7, 11) is -8.13. The number of esters is 1. The van der Waals surface area contributed by atoms with E-state index in [9.17, 15) is 31.2 Å². The van der Waals surface area contributed by atoms with E-state index in [0.717, 1.165) is 12.3 Å². The number of carbonyl (C=O) groups is 3. The van der Waals surface area contributed by atoms with Crippen LogP contribution >= 0.6 is 0 Å². The van der Waals surface area contributed by atoms with Gasteiger partial charge in [-0.1, -0.05) is 38.1 Å². The highest BCUT2D eigenvalue weighted by molar-refractivity contribution is 7.92. The predicted molar refractivity (Wildman–Crippen MR) is 140 cm³/mol. The van der Waals surface area contributed by atoms with Crippen molar-refractivity contribution >= 4 is 54.8 Å². The third kappa shape index (κ3) is 4.95. The molecule has 2 unspecified atom stereocenters. The van der Waals surface area contributed by atoms with Crippen LogP contribution in [0.2, 0.25) is 0 Å². The summed E-state index contributed by atoms with van der Waals surface area (Å²) in [5.41, 5.74) is -1.64. The Morgan fingerprint density at radius 2 is 1.87 bits per heavy atom. The van der Waals surface area contributed by atoms with Crippen LogP contribution in [0.1, 0.15) is 43.1 Å². The molecule has 0 fully saturated rings. The molecule has 4 rings (SSSR count). The molecular weight excluding hydrogens is 534 g/mol. The minimum absolute atomic E-state index is 0.00489. The number of sulfonamides is 2. The number of hydrogen-bond acceptors (Lipinski definition) is 9. The van der Waals surface area contributed by atoms with E-state index in [-0.39, 0.29) is 39.9 Å². The van der Waals surface area contributed by atoms with Crippen molar-refractivity contribution in [3.8, 4) is 0 Å². The van der Waals surface area contributed by atoms with Crippen molar-refractivity contribution in [3.63, 3.8) is 0 Å². The quantitative estimate of drug-likeness (QED) is 0.381. The van der Waals surface area contributed by atoms with Crippen molar-refractivity contribution < 1.29 is 36.0 Å². The second-order valence-electron chi connectivity index (χ2n) is 9.81. The minimum Gasteiger partial charge on any atom is -0.465 e. The van der Waals surface area contributed by atoms with Gasteiger partial charge in [-0.25, -0.2) is 8.42 Å². The molecule has 0 radical (unpaired) electrons. The molecule has 1 aliphatic heterocycles. The van der Waals surface area contributed by atoms with Gasteiger partial charge in [-0.3, -0.25) is 19.1 Å². The van der Waals surface area contributed by atoms with Crippen LogP contribution in [0.5, 0.6) is 0 Å². The monoisotopic (exact) mass is 561 g/mol. The average molecular weight is 562 g/mol. The van der Waals surface area contributed by atoms with Crippen LogP contribution < -0.4 is 10.0 Å². The molecule has 2 aromatic carbocycles. The van der Waals surface area contributed by atoms with E-state index < -0.39 is 54.8 Å². The Labute approximate surface area is 220 Å². The summed E-state index contributed by atoms with van der Waals surface area (Å²) in [5.74, 6) is -4.34. The van der Waals surface area contributed by atoms with Crippen molar-refractivity contribution in [2.45, 2.75) is 37.5 Å². The second-order valence-corrected chi connectivity index (χ2v) is 13.1. The minimum atomic E-state index is -4.45. The summed E-state index contributed by atoms with van der Waals surface area (Å²) in [6.07, 6.45) is 1.48. The smallest absolute Gasteiger partial charge is 0.323 e. The van der Waals surface area contributed by atoms with Gasteiger partial charge in [0.2, 0.25) is 10.0 Å². The first-order valence-corrected chi connectivity index (χ1v) is 15.1. The fraction of sp³-hybridized carbons (Fsp3) is 0.360. The number of ketones is 2. The van der Waals surface area contributed by atoms with Crippen LogP contribution in [0.4, 0.5) is 11.4 Å². The van der Waals surface area contributed by atoms with Gasteiger partial charge in [0.15, 0.2) is 17.0 Å². The van der Waals surface area contributed by atoms with Crippen LogP contribution in [0, 0.1) is 11.8 Å². The topological polar surface area (TPSA) is 165 Å². The number of benzene rings is 2. The first-order valence-electron chi connectivity index (χ1n) is 11.7. The maximum absolute atomic E-state index is 13.9. The van der Waals surface area contributed by atoms with Crippen LogP contribution in [0.25, 0.3) is 0 Å². The van der Waals surface area contributed by atoms with Crippen molar-refractivity contribution in [2.24, 2.45) is 16.2 Å². The third-order valence-electron chi connectivity index (χ3n) is 6.40. The van der Waals surface area contributed by atoms with Gasteiger partial charge in [-0.15, -0.1) is 4.40 Å². The Hall–Kier alpha value is -3.58. The van der Waals surface area contributed by atoms with E-state index in [2.05, 4.69) is 14.4 Å². The first kappa shape index (κ1) is 27.5. The molecule has 38 heavy (non-hydrogen) atoms. The molecule has 0 amide bonds. The fourth-order valence-electron chi connectivity index (χ4n) is 4.40. The lowest BCUT2D eigenvalue weighted by molar-refractivity contribution is -0.154. The lowest BCUT2D eigenvalue weighted by Crippen LogP contribution is -2.55. The Balaban J connectivity index is 1.77. The van der Waals surface area contributed by atoms with Gasteiger partial charge < -0.3 is 10.1 Å². The molecule has 2 atom stereocenters. The number of Topliss-reactive ketones (excluding diaryl/α,β-unsaturated/α-hetero) is 2. The number of hydrogen-bond donors (Lipinski definition) is 2. The molecule has 0 saturated heterocycles. The maximum Gasteiger partial charge on any atom is 0.323 e. The van der Waals surface area contributed by atoms with E-state index in [1.165, 1.54) is 31.2 Å². The van der Waals surface area contributed by atoms with Gasteiger partial charge in [0, 0.05) is 11.3 Å². The van der Waals surface area contributed by atoms with Crippen LogP contribution in [0.15, 0.2) is 51.8 Å². The summed E-state index contributed by atoms with van der Waals surface area (Å²) in [5, 5.41) is 2.74. The molecule has 0 spiro atoms. The molecule has 11 nitrogen and oxygen atoms in total. The summed E-state index contributed by atoms with van der Waals surface area (Å²) in [6.45, 7) is 5.35. The van der Waals surface area contributed by atoms with E-state index in [4.69, 9.17) is 4.74 Å². The number of carbonyl (C=O) groups excluding carboxylic acids is 3. The summed E-state index contributed by atoms with van der Waals surface area (Å²) >= 11 is 0. The highest BCUT2D eigenvalue weighted by Crippen LogP contribution is 2.41. The zero-order chi connectivity index (χ0) is 28.0. The van der Waals surface area contributed by atoms with Crippen molar-refractivity contribution in [3.05, 3.63) is 53.6 Å². The molecule has 1 aliphatic carbocycles. The van der Waals surface area contributed by atoms with Crippen molar-refractivity contribution in [2.75, 3.05) is 22.9 Å². The Kier molecular flexibility index (Phi) is 6.95. The number of anilines is 2. The van der Waals surface area contributed by atoms with E-state index in [1.807, 2.05) is 13.8 Å². The summed E-state index contributed by atoms with van der Waals surface area (Å²) < 4.78 is 60.6. The largest absolute Gasteiger partial charge is 0.465 e. The highest BCUT2D eigenvalue weighted by atomic mass is 32.2. The fourth-order valence-corrected chi connectivity index (χ4v) is 6.14. The summed E-state index contributed by atoms with van der Waals surface area (Å²) in [6, 6.07) is 9.83. The number of amidine groups is 1. The molecular formula is C25H27N3O8S2. The zero-order valence-corrected chi connectivity index (χ0v) is 22.8. The standard InChI is InChI=1S/C25H27N3O8S2/c1-14(2)11-12-36-24(31)25(3)17-8-6-5-7-16(17)21(29)20(22(25)30)23-26-18-10-9-15(27-37(4,32)33)13-19(18)38(34,35)28-23/h5-10,13-14,20,27H,11-12H2,1-4H3,(H,26,28). The molecule has 0 saturated carbocycles. The zero-order valence-electron chi connectivity index (χ0n) is 21.1. The molecule has 0 bridgehead atoms. The number of rotatable bonds is 7. The number of ether oxygens (including phenoxy) is 1. The van der Waals surface area contributed by atoms with E-state index >= 15 is 0 Å². The molecule has 2 aromatic rings. The molecule has 0 aromatic heterocycles. The van der Waals surface area contributed by atoms with Crippen LogP contribution in [-0.4, -0.2) is 53.1 Å². The number of nitrogens with one attached hydrogen (secondary N) is 2. The SMILES string of the molecule is CC(C)CCOC(=O)C1(C)C(=O)C(C2=NS(=O)(=O)c3cc(NS(C)(=O)=O)ccc3N2)C(=O)c2ccccc21. The van der Waals surface area contributed by atoms with Gasteiger partial charge in [0.1, 0.15) is 16.6 Å². The molecule has 1 heterocycles. The van der Waals surface area contributed by atoms with Gasteiger partial charge in [0.25, 0.3) is 10.0 Å². The van der Waals surface area contributed by atoms with E-state index in [0.29, 0.717) is 6.42 Å². The Morgan fingerprint density at radius 1 is 1.18 bits per heavy atom. The van der Waals surface area contributed by atoms with Crippen molar-refractivity contribution in [1.29, 1.82) is 0 Å². The van der Waals surface area contributed by atoms with Gasteiger partial charge in [-0.05, 0) is 43.0 Å². The molecule has 2 N–H and O–H groups in total. The van der Waals surface area contributed by atoms with Crippen LogP contribution in [0.3, 0.4) is 0 Å². The molecule has 202 valence electrons. The Morgan fingerprint density at radius 3 is 2.53 bits per heavy atom. The van der Waals surface area contributed by atoms with E-state index in [1.54, 1.807) is 12.1 Å². The van der Waals surface area contributed by atoms with Crippen molar-refractivity contribution in [1.82, 2.24) is 0 Å². The predicted octanol–water partition coefficient (Wildman–Crippen LogP) is 2.50. The number of nitrogens with zero attached hydrogens (tertiary/aromatic N) is 1. The maximum atomic E-state index is 13.9. The van der Waals surface area contributed by atoms with Gasteiger partial charge in [-0.2, -0.15) is 8.42 Å². The summed E-state index contributed by atoms with van der Waals surface area (Å²) in [4.78, 5) is 40.3. The average Bonchev–Trinajstić information content (AvgIpc) is 2.81. The Bertz CT molecular complexity index is 1600. The molecule has 13 heteroatoms. The lowest BCUT2D eigenvalue weighted by atomic mass is 9.65. The molecule has 2 aliphatic rings. The number of fused-ring (bicyclic) bond motifs is 2.